The molecule has 0 aliphatic rings. The van der Waals surface area contributed by atoms with Gasteiger partial charge in [0.1, 0.15) is 0 Å². The molecule has 0 aliphatic heterocycles. The predicted molar refractivity (Wildman–Crippen MR) is 77.5 cm³/mol. The molecule has 1 aromatic carbocycles. The van der Waals surface area contributed by atoms with E-state index in [1.807, 2.05) is 19.1 Å². The summed E-state index contributed by atoms with van der Waals surface area (Å²) in [5.41, 5.74) is 3.21. The Hall–Kier alpha value is -1.41. The van der Waals surface area contributed by atoms with Crippen LogP contribution in [0.4, 0.5) is 0 Å². The van der Waals surface area contributed by atoms with Crippen LogP contribution in [0.2, 0.25) is 0 Å². The van der Waals surface area contributed by atoms with Crippen molar-refractivity contribution in [3.8, 4) is 0 Å². The van der Waals surface area contributed by atoms with E-state index in [1.54, 1.807) is 11.3 Å². The maximum Gasteiger partial charge on any atom is 0.163 e. The van der Waals surface area contributed by atoms with Gasteiger partial charge in [0.2, 0.25) is 0 Å². The van der Waals surface area contributed by atoms with Gasteiger partial charge >= 0.3 is 0 Å². The van der Waals surface area contributed by atoms with Crippen LogP contribution in [0.1, 0.15) is 39.2 Å². The van der Waals surface area contributed by atoms with Gasteiger partial charge in [-0.3, -0.25) is 4.79 Å². The number of ketones is 1. The first kappa shape index (κ1) is 13.0. The summed E-state index contributed by atoms with van der Waals surface area (Å²) in [5, 5.41) is 2.09. The van der Waals surface area contributed by atoms with E-state index in [-0.39, 0.29) is 5.78 Å². The van der Waals surface area contributed by atoms with Gasteiger partial charge in [0.25, 0.3) is 0 Å². The molecule has 0 saturated heterocycles. The van der Waals surface area contributed by atoms with Gasteiger partial charge in [0, 0.05) is 16.9 Å². The molecule has 0 amide bonds. The zero-order valence-corrected chi connectivity index (χ0v) is 11.7. The number of hydrogen-bond donors (Lipinski definition) is 0. The normalized spacial score (nSPS) is 10.6. The topological polar surface area (TPSA) is 17.1 Å². The van der Waals surface area contributed by atoms with Crippen molar-refractivity contribution in [2.45, 2.75) is 33.1 Å². The maximum absolute atomic E-state index is 12.1. The van der Waals surface area contributed by atoms with Crippen LogP contribution in [0.5, 0.6) is 0 Å². The fraction of sp³-hybridized carbons (Fsp3) is 0.312. The fourth-order valence-corrected chi connectivity index (χ4v) is 2.82. The van der Waals surface area contributed by atoms with E-state index in [1.165, 1.54) is 10.4 Å². The van der Waals surface area contributed by atoms with Gasteiger partial charge in [-0.25, -0.2) is 0 Å². The molecule has 0 saturated carbocycles. The number of aryl methyl sites for hydroxylation is 2. The first-order valence-corrected chi connectivity index (χ1v) is 7.18. The fourth-order valence-electron chi connectivity index (χ4n) is 2.07. The predicted octanol–water partition coefficient (Wildman–Crippen LogP) is 4.57. The molecule has 2 rings (SSSR count). The van der Waals surface area contributed by atoms with Crippen LogP contribution in [0.3, 0.4) is 0 Å². The number of hydrogen-bond acceptors (Lipinski definition) is 2. The van der Waals surface area contributed by atoms with E-state index in [9.17, 15) is 4.79 Å². The molecule has 0 atom stereocenters. The Bertz CT molecular complexity index is 526. The molecule has 0 spiro atoms. The molecule has 0 radical (unpaired) electrons. The van der Waals surface area contributed by atoms with Crippen molar-refractivity contribution in [3.63, 3.8) is 0 Å². The first-order valence-electron chi connectivity index (χ1n) is 6.30. The van der Waals surface area contributed by atoms with Crippen molar-refractivity contribution in [1.29, 1.82) is 0 Å². The second-order valence-electron chi connectivity index (χ2n) is 4.60. The van der Waals surface area contributed by atoms with Gasteiger partial charge in [-0.05, 0) is 49.3 Å². The molecule has 0 aliphatic carbocycles. The molecular weight excluding hydrogens is 240 g/mol. The lowest BCUT2D eigenvalue weighted by molar-refractivity contribution is 0.0979. The van der Waals surface area contributed by atoms with Gasteiger partial charge in [-0.2, -0.15) is 0 Å². The first-order chi connectivity index (χ1) is 8.68. The van der Waals surface area contributed by atoms with E-state index in [4.69, 9.17) is 0 Å². The van der Waals surface area contributed by atoms with Gasteiger partial charge in [-0.1, -0.05) is 24.3 Å². The summed E-state index contributed by atoms with van der Waals surface area (Å²) in [5.74, 6) is 0.271. The molecule has 1 heterocycles. The molecule has 2 aromatic rings. The van der Waals surface area contributed by atoms with Crippen molar-refractivity contribution in [2.75, 3.05) is 0 Å². The van der Waals surface area contributed by atoms with E-state index >= 15 is 0 Å². The van der Waals surface area contributed by atoms with Gasteiger partial charge < -0.3 is 0 Å². The molecule has 2 heteroatoms. The Kier molecular flexibility index (Phi) is 4.32. The van der Waals surface area contributed by atoms with Crippen molar-refractivity contribution in [1.82, 2.24) is 0 Å². The average molecular weight is 258 g/mol. The smallest absolute Gasteiger partial charge is 0.163 e. The third-order valence-electron chi connectivity index (χ3n) is 3.31. The molecule has 0 N–H and O–H groups in total. The largest absolute Gasteiger partial charge is 0.294 e. The van der Waals surface area contributed by atoms with Crippen LogP contribution in [-0.4, -0.2) is 5.78 Å². The van der Waals surface area contributed by atoms with Crippen LogP contribution in [-0.2, 0) is 6.42 Å². The summed E-state index contributed by atoms with van der Waals surface area (Å²) in [6, 6.07) is 10.2. The number of carbonyl (C=O) groups is 1. The quantitative estimate of drug-likeness (QED) is 0.718. The molecule has 94 valence electrons. The van der Waals surface area contributed by atoms with Gasteiger partial charge in [0.15, 0.2) is 5.78 Å². The van der Waals surface area contributed by atoms with Crippen molar-refractivity contribution in [3.05, 3.63) is 57.3 Å². The maximum atomic E-state index is 12.1. The van der Waals surface area contributed by atoms with E-state index < -0.39 is 0 Å². The number of Topliss-reactive ketones (excluding diaryl/α,β-unsaturated/α-hetero) is 1. The van der Waals surface area contributed by atoms with Crippen LogP contribution in [0.15, 0.2) is 35.7 Å². The number of benzene rings is 1. The zero-order chi connectivity index (χ0) is 13.0. The van der Waals surface area contributed by atoms with E-state index in [0.717, 1.165) is 24.0 Å². The lowest BCUT2D eigenvalue weighted by Gasteiger charge is -2.07. The highest BCUT2D eigenvalue weighted by Crippen LogP contribution is 2.17. The monoisotopic (exact) mass is 258 g/mol. The van der Waals surface area contributed by atoms with Crippen molar-refractivity contribution >= 4 is 17.1 Å². The highest BCUT2D eigenvalue weighted by molar-refractivity contribution is 7.09. The van der Waals surface area contributed by atoms with Gasteiger partial charge in [-0.15, -0.1) is 11.3 Å². The third kappa shape index (κ3) is 3.08. The second kappa shape index (κ2) is 5.96. The van der Waals surface area contributed by atoms with Crippen molar-refractivity contribution < 1.29 is 4.79 Å². The lowest BCUT2D eigenvalue weighted by atomic mass is 9.97. The second-order valence-corrected chi connectivity index (χ2v) is 5.64. The van der Waals surface area contributed by atoms with Crippen LogP contribution in [0.25, 0.3) is 0 Å². The third-order valence-corrected chi connectivity index (χ3v) is 4.25. The molecule has 0 unspecified atom stereocenters. The van der Waals surface area contributed by atoms with E-state index in [0.29, 0.717) is 6.42 Å². The average Bonchev–Trinajstić information content (AvgIpc) is 2.85. The minimum Gasteiger partial charge on any atom is -0.294 e. The van der Waals surface area contributed by atoms with Crippen molar-refractivity contribution in [2.24, 2.45) is 0 Å². The highest BCUT2D eigenvalue weighted by atomic mass is 32.1. The minimum atomic E-state index is 0.271. The minimum absolute atomic E-state index is 0.271. The summed E-state index contributed by atoms with van der Waals surface area (Å²) < 4.78 is 0. The summed E-state index contributed by atoms with van der Waals surface area (Å²) in [4.78, 5) is 13.5. The number of carbonyl (C=O) groups excluding carboxylic acids is 1. The number of rotatable bonds is 5. The highest BCUT2D eigenvalue weighted by Gasteiger charge is 2.09. The summed E-state index contributed by atoms with van der Waals surface area (Å²) >= 11 is 1.76. The van der Waals surface area contributed by atoms with Crippen LogP contribution in [0, 0.1) is 13.8 Å². The van der Waals surface area contributed by atoms with Crippen LogP contribution >= 0.6 is 11.3 Å². The Morgan fingerprint density at radius 2 is 2.00 bits per heavy atom. The SMILES string of the molecule is Cc1cccc(C(=O)CCCc2cccs2)c1C. The summed E-state index contributed by atoms with van der Waals surface area (Å²) in [6.45, 7) is 4.08. The Balaban J connectivity index is 1.93. The number of thiophene rings is 1. The molecule has 18 heavy (non-hydrogen) atoms. The Morgan fingerprint density at radius 3 is 2.72 bits per heavy atom. The summed E-state index contributed by atoms with van der Waals surface area (Å²) in [6.07, 6.45) is 2.59. The zero-order valence-electron chi connectivity index (χ0n) is 10.9. The standard InChI is InChI=1S/C16H18OS/c1-12-6-3-9-15(13(12)2)16(17)10-4-7-14-8-5-11-18-14/h3,5-6,8-9,11H,4,7,10H2,1-2H3. The Morgan fingerprint density at radius 1 is 1.17 bits per heavy atom. The Labute approximate surface area is 112 Å². The van der Waals surface area contributed by atoms with Gasteiger partial charge in [0.05, 0.1) is 0 Å². The van der Waals surface area contributed by atoms with E-state index in [2.05, 4.69) is 30.5 Å². The molecule has 0 bridgehead atoms. The summed E-state index contributed by atoms with van der Waals surface area (Å²) in [7, 11) is 0. The molecule has 0 fully saturated rings. The molecular formula is C16H18OS. The molecule has 1 aromatic heterocycles. The lowest BCUT2D eigenvalue weighted by Crippen LogP contribution is -2.03. The van der Waals surface area contributed by atoms with Crippen LogP contribution < -0.4 is 0 Å². The molecule has 1 nitrogen and oxygen atoms in total.